The van der Waals surface area contributed by atoms with Crippen molar-refractivity contribution in [2.24, 2.45) is 5.73 Å². The van der Waals surface area contributed by atoms with Gasteiger partial charge in [0.05, 0.1) is 0 Å². The first kappa shape index (κ1) is 18.1. The van der Waals surface area contributed by atoms with Crippen LogP contribution in [0.3, 0.4) is 0 Å². The van der Waals surface area contributed by atoms with Crippen molar-refractivity contribution in [2.45, 2.75) is 57.7 Å². The van der Waals surface area contributed by atoms with Crippen molar-refractivity contribution in [3.05, 3.63) is 0 Å². The monoisotopic (exact) mass is 299 g/mol. The summed E-state index contributed by atoms with van der Waals surface area (Å²) in [5, 5.41) is 0. The van der Waals surface area contributed by atoms with E-state index >= 15 is 0 Å². The van der Waals surface area contributed by atoms with Crippen molar-refractivity contribution in [3.8, 4) is 0 Å². The Balaban J connectivity index is 0.00000289. The number of nitrogens with zero attached hydrogens (tertiary/aromatic N) is 2. The van der Waals surface area contributed by atoms with E-state index in [0.717, 1.165) is 25.7 Å². The van der Waals surface area contributed by atoms with Crippen LogP contribution in [-0.2, 0) is 10.2 Å². The zero-order chi connectivity index (χ0) is 13.2. The molecule has 5 nitrogen and oxygen atoms in total. The summed E-state index contributed by atoms with van der Waals surface area (Å²) in [7, 11) is -0.0232. The van der Waals surface area contributed by atoms with Crippen LogP contribution in [0.2, 0.25) is 0 Å². The Morgan fingerprint density at radius 2 is 1.56 bits per heavy atom. The molecule has 1 saturated carbocycles. The van der Waals surface area contributed by atoms with Crippen LogP contribution in [0, 0.1) is 0 Å². The van der Waals surface area contributed by atoms with Crippen molar-refractivity contribution in [1.82, 2.24) is 8.61 Å². The predicted octanol–water partition coefficient (Wildman–Crippen LogP) is 1.19. The second-order valence-corrected chi connectivity index (χ2v) is 7.25. The minimum Gasteiger partial charge on any atom is -0.328 e. The summed E-state index contributed by atoms with van der Waals surface area (Å²) in [5.74, 6) is 0. The van der Waals surface area contributed by atoms with Crippen LogP contribution in [-0.4, -0.2) is 49.2 Å². The van der Waals surface area contributed by atoms with Crippen molar-refractivity contribution in [3.63, 3.8) is 0 Å². The summed E-state index contributed by atoms with van der Waals surface area (Å²) >= 11 is 0. The van der Waals surface area contributed by atoms with Crippen LogP contribution in [0.4, 0.5) is 0 Å². The number of nitrogens with two attached hydrogens (primary N) is 1. The molecule has 0 aromatic rings. The highest BCUT2D eigenvalue weighted by Crippen LogP contribution is 2.24. The van der Waals surface area contributed by atoms with Crippen LogP contribution < -0.4 is 5.73 Å². The van der Waals surface area contributed by atoms with E-state index in [-0.39, 0.29) is 30.5 Å². The highest BCUT2D eigenvalue weighted by molar-refractivity contribution is 7.86. The Kier molecular flexibility index (Phi) is 7.10. The minimum absolute atomic E-state index is 0. The van der Waals surface area contributed by atoms with Crippen LogP contribution in [0.15, 0.2) is 0 Å². The Bertz CT molecular complexity index is 340. The Morgan fingerprint density at radius 1 is 1.11 bits per heavy atom. The van der Waals surface area contributed by atoms with Crippen LogP contribution in [0.5, 0.6) is 0 Å². The van der Waals surface area contributed by atoms with Gasteiger partial charge in [-0.25, -0.2) is 0 Å². The molecule has 1 rings (SSSR count). The maximum atomic E-state index is 12.3. The van der Waals surface area contributed by atoms with Gasteiger partial charge in [0.25, 0.3) is 10.2 Å². The molecule has 0 aromatic carbocycles. The predicted molar refractivity (Wildman–Crippen MR) is 77.1 cm³/mol. The van der Waals surface area contributed by atoms with Gasteiger partial charge in [0.2, 0.25) is 0 Å². The summed E-state index contributed by atoms with van der Waals surface area (Å²) in [6.07, 6.45) is 3.55. The molecule has 0 saturated heterocycles. The van der Waals surface area contributed by atoms with Gasteiger partial charge in [0.1, 0.15) is 0 Å². The molecule has 0 atom stereocenters. The average Bonchev–Trinajstić information content (AvgIpc) is 2.27. The number of hydrogen-bond acceptors (Lipinski definition) is 3. The van der Waals surface area contributed by atoms with E-state index in [1.165, 1.54) is 8.61 Å². The van der Waals surface area contributed by atoms with Crippen LogP contribution in [0.25, 0.3) is 0 Å². The molecule has 0 aliphatic heterocycles. The lowest BCUT2D eigenvalue weighted by molar-refractivity contribution is 0.249. The van der Waals surface area contributed by atoms with E-state index in [9.17, 15) is 8.42 Å². The molecule has 0 unspecified atom stereocenters. The van der Waals surface area contributed by atoms with Crippen LogP contribution in [0.1, 0.15) is 39.5 Å². The van der Waals surface area contributed by atoms with Gasteiger partial charge in [-0.3, -0.25) is 0 Å². The summed E-state index contributed by atoms with van der Waals surface area (Å²) < 4.78 is 27.5. The zero-order valence-electron chi connectivity index (χ0n) is 11.7. The highest BCUT2D eigenvalue weighted by Gasteiger charge is 2.32. The lowest BCUT2D eigenvalue weighted by Gasteiger charge is -2.35. The second kappa shape index (κ2) is 7.05. The van der Waals surface area contributed by atoms with Gasteiger partial charge < -0.3 is 5.73 Å². The summed E-state index contributed by atoms with van der Waals surface area (Å²) in [6, 6.07) is 0.319. The van der Waals surface area contributed by atoms with E-state index in [1.807, 2.05) is 13.8 Å². The topological polar surface area (TPSA) is 66.6 Å². The van der Waals surface area contributed by atoms with Crippen LogP contribution >= 0.6 is 12.4 Å². The Labute approximate surface area is 117 Å². The average molecular weight is 300 g/mol. The molecule has 1 aliphatic rings. The minimum atomic E-state index is -3.33. The van der Waals surface area contributed by atoms with Gasteiger partial charge in [-0.2, -0.15) is 17.0 Å². The molecule has 0 radical (unpaired) electrons. The number of rotatable bonds is 4. The largest absolute Gasteiger partial charge is 0.328 e. The molecule has 1 fully saturated rings. The standard InChI is InChI=1S/C11H25N3O2S.ClH/c1-9(2)13(3)17(15,16)14(4)11-7-5-10(12)6-8-11;/h9-11H,5-8,12H2,1-4H3;1H. The third kappa shape index (κ3) is 4.06. The molecule has 2 N–H and O–H groups in total. The molecule has 1 aliphatic carbocycles. The normalized spacial score (nSPS) is 25.6. The first-order valence-electron chi connectivity index (χ1n) is 6.23. The fourth-order valence-corrected chi connectivity index (χ4v) is 3.65. The first-order valence-corrected chi connectivity index (χ1v) is 7.63. The summed E-state index contributed by atoms with van der Waals surface area (Å²) in [5.41, 5.74) is 5.84. The fourth-order valence-electron chi connectivity index (χ4n) is 2.12. The summed E-state index contributed by atoms with van der Waals surface area (Å²) in [6.45, 7) is 3.75. The zero-order valence-corrected chi connectivity index (χ0v) is 13.3. The van der Waals surface area contributed by atoms with E-state index in [1.54, 1.807) is 14.1 Å². The third-order valence-electron chi connectivity index (χ3n) is 3.71. The van der Waals surface area contributed by atoms with Gasteiger partial charge in [0.15, 0.2) is 0 Å². The van der Waals surface area contributed by atoms with Crippen molar-refractivity contribution < 1.29 is 8.42 Å². The van der Waals surface area contributed by atoms with Gasteiger partial charge in [-0.1, -0.05) is 0 Å². The lowest BCUT2D eigenvalue weighted by atomic mass is 9.92. The Hall–Kier alpha value is 0.120. The maximum Gasteiger partial charge on any atom is 0.281 e. The molecule has 0 heterocycles. The molecule has 0 amide bonds. The number of halogens is 1. The van der Waals surface area contributed by atoms with E-state index in [4.69, 9.17) is 5.73 Å². The number of hydrogen-bond donors (Lipinski definition) is 1. The Morgan fingerprint density at radius 3 is 1.94 bits per heavy atom. The molecule has 18 heavy (non-hydrogen) atoms. The highest BCUT2D eigenvalue weighted by atomic mass is 35.5. The molecule has 110 valence electrons. The fraction of sp³-hybridized carbons (Fsp3) is 1.00. The first-order chi connectivity index (χ1) is 7.76. The maximum absolute atomic E-state index is 12.3. The summed E-state index contributed by atoms with van der Waals surface area (Å²) in [4.78, 5) is 0. The molecule has 0 bridgehead atoms. The van der Waals surface area contributed by atoms with Gasteiger partial charge in [-0.05, 0) is 39.5 Å². The second-order valence-electron chi connectivity index (χ2n) is 5.20. The van der Waals surface area contributed by atoms with Gasteiger partial charge >= 0.3 is 0 Å². The SMILES string of the molecule is CC(C)N(C)S(=O)(=O)N(C)C1CCC(N)CC1.Cl. The lowest BCUT2D eigenvalue weighted by Crippen LogP contribution is -2.49. The van der Waals surface area contributed by atoms with Gasteiger partial charge in [-0.15, -0.1) is 12.4 Å². The third-order valence-corrected chi connectivity index (χ3v) is 5.89. The van der Waals surface area contributed by atoms with E-state index in [0.29, 0.717) is 0 Å². The van der Waals surface area contributed by atoms with Crippen molar-refractivity contribution in [1.29, 1.82) is 0 Å². The van der Waals surface area contributed by atoms with E-state index < -0.39 is 10.2 Å². The molecule has 0 spiro atoms. The van der Waals surface area contributed by atoms with Crippen molar-refractivity contribution in [2.75, 3.05) is 14.1 Å². The van der Waals surface area contributed by atoms with Crippen molar-refractivity contribution >= 4 is 22.6 Å². The molecular weight excluding hydrogens is 274 g/mol. The smallest absolute Gasteiger partial charge is 0.281 e. The molecular formula is C11H26ClN3O2S. The molecule has 7 heteroatoms. The van der Waals surface area contributed by atoms with Gasteiger partial charge in [0, 0.05) is 32.2 Å². The van der Waals surface area contributed by atoms with E-state index in [2.05, 4.69) is 0 Å². The quantitative estimate of drug-likeness (QED) is 0.848. The molecule has 0 aromatic heterocycles.